The van der Waals surface area contributed by atoms with Crippen molar-refractivity contribution in [1.82, 2.24) is 0 Å². The Hall–Kier alpha value is -0.000000000000000111. The van der Waals surface area contributed by atoms with Crippen molar-refractivity contribution in [2.24, 2.45) is 5.92 Å². The minimum atomic E-state index is 0.108. The first-order valence-electron chi connectivity index (χ1n) is 5.30. The second kappa shape index (κ2) is 7.35. The maximum Gasteiger partial charge on any atom is 0.0687 e. The zero-order valence-electron chi connectivity index (χ0n) is 9.61. The van der Waals surface area contributed by atoms with Crippen LogP contribution in [0, 0.1) is 12.8 Å². The third-order valence-corrected chi connectivity index (χ3v) is 4.23. The van der Waals surface area contributed by atoms with Crippen LogP contribution in [-0.4, -0.2) is 10.9 Å². The van der Waals surface area contributed by atoms with Gasteiger partial charge in [0.1, 0.15) is 0 Å². The summed E-state index contributed by atoms with van der Waals surface area (Å²) in [6, 6.07) is 6.04. The molecular weight excluding hydrogens is 331 g/mol. The fraction of sp³-hybridized carbons (Fsp3) is 0.385. The minimum absolute atomic E-state index is 0.108. The van der Waals surface area contributed by atoms with E-state index in [1.807, 2.05) is 21.1 Å². The monoisotopic (exact) mass is 348 g/mol. The molecule has 16 heavy (non-hydrogen) atoms. The lowest BCUT2D eigenvalue weighted by atomic mass is 10.0. The summed E-state index contributed by atoms with van der Waals surface area (Å²) in [6.45, 7) is 4.40. The molecule has 0 aliphatic carbocycles. The summed E-state index contributed by atoms with van der Waals surface area (Å²) in [4.78, 5) is 0. The van der Waals surface area contributed by atoms with Crippen LogP contribution in [0.5, 0.6) is 0 Å². The van der Waals surface area contributed by atoms with Crippen molar-refractivity contribution in [2.75, 3.05) is 5.75 Å². The van der Waals surface area contributed by atoms with Gasteiger partial charge in [0.2, 0.25) is 0 Å². The first kappa shape index (κ1) is 14.1. The number of hydrogen-bond acceptors (Lipinski definition) is 2. The topological polar surface area (TPSA) is 20.2 Å². The van der Waals surface area contributed by atoms with Gasteiger partial charge in [-0.1, -0.05) is 46.2 Å². The molecule has 0 aromatic heterocycles. The van der Waals surface area contributed by atoms with E-state index in [1.54, 1.807) is 0 Å². The highest BCUT2D eigenvalue weighted by Gasteiger charge is 2.02. The van der Waals surface area contributed by atoms with Gasteiger partial charge in [-0.25, -0.2) is 0 Å². The van der Waals surface area contributed by atoms with Gasteiger partial charge >= 0.3 is 0 Å². The highest BCUT2D eigenvalue weighted by atomic mass is 127. The van der Waals surface area contributed by atoms with Gasteiger partial charge in [0.25, 0.3) is 0 Å². The van der Waals surface area contributed by atoms with E-state index in [-0.39, 0.29) is 6.61 Å². The molecule has 0 amide bonds. The second-order valence-corrected chi connectivity index (χ2v) is 6.34. The Morgan fingerprint density at radius 2 is 2.25 bits per heavy atom. The summed E-state index contributed by atoms with van der Waals surface area (Å²) in [5, 5.41) is 9.27. The van der Waals surface area contributed by atoms with E-state index in [2.05, 4.69) is 53.3 Å². The molecule has 1 aromatic carbocycles. The molecule has 0 fully saturated rings. The first-order chi connectivity index (χ1) is 7.69. The SMILES string of the molecule is Cc1cccc(CO)c1/C=C\C(C)CSI. The lowest BCUT2D eigenvalue weighted by Gasteiger charge is -2.07. The molecule has 1 rings (SSSR count). The quantitative estimate of drug-likeness (QED) is 0.804. The van der Waals surface area contributed by atoms with Gasteiger partial charge in [0.15, 0.2) is 0 Å². The number of hydrogen-bond donors (Lipinski definition) is 1. The van der Waals surface area contributed by atoms with Crippen molar-refractivity contribution in [2.45, 2.75) is 20.5 Å². The Bertz CT molecular complexity index is 363. The lowest BCUT2D eigenvalue weighted by molar-refractivity contribution is 0.281. The fourth-order valence-electron chi connectivity index (χ4n) is 1.53. The Labute approximate surface area is 114 Å². The van der Waals surface area contributed by atoms with Gasteiger partial charge in [-0.15, -0.1) is 0 Å². The summed E-state index contributed by atoms with van der Waals surface area (Å²) in [5.41, 5.74) is 3.39. The van der Waals surface area contributed by atoms with Gasteiger partial charge in [-0.2, -0.15) is 0 Å². The van der Waals surface area contributed by atoms with Crippen molar-refractivity contribution >= 4 is 36.2 Å². The van der Waals surface area contributed by atoms with Crippen LogP contribution >= 0.6 is 30.1 Å². The first-order valence-corrected chi connectivity index (χ1v) is 8.83. The minimum Gasteiger partial charge on any atom is -0.392 e. The Kier molecular flexibility index (Phi) is 6.46. The van der Waals surface area contributed by atoms with E-state index in [4.69, 9.17) is 0 Å². The van der Waals surface area contributed by atoms with Crippen molar-refractivity contribution < 1.29 is 5.11 Å². The molecule has 0 saturated heterocycles. The van der Waals surface area contributed by atoms with Crippen LogP contribution in [0.25, 0.3) is 6.08 Å². The van der Waals surface area contributed by atoms with E-state index >= 15 is 0 Å². The normalized spacial score (nSPS) is 13.2. The van der Waals surface area contributed by atoms with Crippen molar-refractivity contribution in [1.29, 1.82) is 0 Å². The van der Waals surface area contributed by atoms with Gasteiger partial charge in [0.05, 0.1) is 6.61 Å². The molecule has 0 radical (unpaired) electrons. The molecule has 0 aliphatic rings. The molecule has 0 heterocycles. The molecule has 0 aliphatic heterocycles. The fourth-order valence-corrected chi connectivity index (χ4v) is 3.54. The molecule has 0 saturated carbocycles. The van der Waals surface area contributed by atoms with Gasteiger partial charge in [-0.3, -0.25) is 0 Å². The number of benzene rings is 1. The molecule has 0 spiro atoms. The Morgan fingerprint density at radius 1 is 1.50 bits per heavy atom. The molecule has 1 aromatic rings. The third kappa shape index (κ3) is 4.11. The summed E-state index contributed by atoms with van der Waals surface area (Å²) in [6.07, 6.45) is 4.35. The predicted octanol–water partition coefficient (Wildman–Crippen LogP) is 4.22. The maximum atomic E-state index is 9.27. The molecule has 0 bridgehead atoms. The van der Waals surface area contributed by atoms with Crippen LogP contribution in [0.15, 0.2) is 24.3 Å². The standard InChI is InChI=1S/C13H17IOS/c1-10(9-16-14)6-7-13-11(2)4-3-5-12(13)8-15/h3-7,10,15H,8-9H2,1-2H3/b7-6-. The van der Waals surface area contributed by atoms with Crippen LogP contribution in [0.1, 0.15) is 23.6 Å². The molecule has 1 unspecified atom stereocenters. The van der Waals surface area contributed by atoms with E-state index in [0.29, 0.717) is 5.92 Å². The summed E-state index contributed by atoms with van der Waals surface area (Å²) < 4.78 is 0. The second-order valence-electron chi connectivity index (χ2n) is 3.92. The summed E-state index contributed by atoms with van der Waals surface area (Å²) in [7, 11) is 1.83. The van der Waals surface area contributed by atoms with Crippen LogP contribution in [0.4, 0.5) is 0 Å². The number of aliphatic hydroxyl groups is 1. The zero-order valence-corrected chi connectivity index (χ0v) is 12.6. The molecular formula is C13H17IOS. The van der Waals surface area contributed by atoms with E-state index in [0.717, 1.165) is 16.9 Å². The van der Waals surface area contributed by atoms with Gasteiger partial charge in [0, 0.05) is 5.75 Å². The number of aryl methyl sites for hydroxylation is 1. The largest absolute Gasteiger partial charge is 0.392 e. The highest BCUT2D eigenvalue weighted by molar-refractivity contribution is 14.2. The molecule has 88 valence electrons. The maximum absolute atomic E-state index is 9.27. The van der Waals surface area contributed by atoms with Gasteiger partial charge in [-0.05, 0) is 50.7 Å². The van der Waals surface area contributed by atoms with Crippen molar-refractivity contribution in [3.8, 4) is 0 Å². The number of allylic oxidation sites excluding steroid dienone is 1. The van der Waals surface area contributed by atoms with Crippen LogP contribution in [0.2, 0.25) is 0 Å². The number of aliphatic hydroxyl groups excluding tert-OH is 1. The lowest BCUT2D eigenvalue weighted by Crippen LogP contribution is -1.94. The molecule has 1 N–H and O–H groups in total. The predicted molar refractivity (Wildman–Crippen MR) is 81.8 cm³/mol. The van der Waals surface area contributed by atoms with E-state index < -0.39 is 0 Å². The summed E-state index contributed by atoms with van der Waals surface area (Å²) in [5.74, 6) is 1.69. The van der Waals surface area contributed by atoms with Crippen LogP contribution in [-0.2, 0) is 6.61 Å². The van der Waals surface area contributed by atoms with E-state index in [9.17, 15) is 5.11 Å². The van der Waals surface area contributed by atoms with Crippen LogP contribution in [0.3, 0.4) is 0 Å². The number of rotatable bonds is 5. The van der Waals surface area contributed by atoms with Crippen LogP contribution < -0.4 is 0 Å². The molecule has 1 nitrogen and oxygen atoms in total. The third-order valence-electron chi connectivity index (χ3n) is 2.50. The zero-order chi connectivity index (χ0) is 12.0. The smallest absolute Gasteiger partial charge is 0.0687 e. The molecule has 3 heteroatoms. The Morgan fingerprint density at radius 3 is 2.88 bits per heavy atom. The Balaban J connectivity index is 2.87. The highest BCUT2D eigenvalue weighted by Crippen LogP contribution is 2.20. The molecule has 1 atom stereocenters. The average molecular weight is 348 g/mol. The van der Waals surface area contributed by atoms with E-state index in [1.165, 1.54) is 5.56 Å². The summed E-state index contributed by atoms with van der Waals surface area (Å²) >= 11 is 2.32. The average Bonchev–Trinajstić information content (AvgIpc) is 2.27. The van der Waals surface area contributed by atoms with Crippen molar-refractivity contribution in [3.05, 3.63) is 41.0 Å². The number of halogens is 1. The van der Waals surface area contributed by atoms with Gasteiger partial charge < -0.3 is 5.11 Å². The van der Waals surface area contributed by atoms with Crippen molar-refractivity contribution in [3.63, 3.8) is 0 Å².